The van der Waals surface area contributed by atoms with Crippen LogP contribution in [-0.2, 0) is 19.1 Å². The van der Waals surface area contributed by atoms with Crippen LogP contribution in [0.2, 0.25) is 0 Å². The zero-order valence-corrected chi connectivity index (χ0v) is 17.7. The van der Waals surface area contributed by atoms with Gasteiger partial charge in [-0.15, -0.1) is 0 Å². The van der Waals surface area contributed by atoms with Crippen molar-refractivity contribution in [2.24, 2.45) is 17.8 Å². The molecule has 0 aromatic carbocycles. The summed E-state index contributed by atoms with van der Waals surface area (Å²) in [6.07, 6.45) is 1.20. The van der Waals surface area contributed by atoms with Gasteiger partial charge in [-0.2, -0.15) is 0 Å². The summed E-state index contributed by atoms with van der Waals surface area (Å²) in [5.74, 6) is -0.538. The molecular formula is C18H44O9. The highest BCUT2D eigenvalue weighted by atomic mass is 16.5. The number of carbonyl (C=O) groups is 2. The second kappa shape index (κ2) is 26.7. The van der Waals surface area contributed by atoms with Gasteiger partial charge in [-0.3, -0.25) is 4.79 Å². The van der Waals surface area contributed by atoms with Crippen molar-refractivity contribution in [3.8, 4) is 0 Å². The Morgan fingerprint density at radius 2 is 1.33 bits per heavy atom. The molecule has 9 nitrogen and oxygen atoms in total. The van der Waals surface area contributed by atoms with Crippen molar-refractivity contribution in [1.29, 1.82) is 0 Å². The second-order valence-corrected chi connectivity index (χ2v) is 5.23. The number of ether oxygens (including phenoxy) is 2. The minimum atomic E-state index is -0.397. The Kier molecular flexibility index (Phi) is 36.0. The number of hydrogen-bond acceptors (Lipinski definition) is 8. The predicted octanol–water partition coefficient (Wildman–Crippen LogP) is 0.432. The Hall–Kier alpha value is -1.52. The van der Waals surface area contributed by atoms with Crippen molar-refractivity contribution in [1.82, 2.24) is 0 Å². The maximum atomic E-state index is 10.9. The molecule has 27 heavy (non-hydrogen) atoms. The number of aliphatic hydroxyl groups is 4. The van der Waals surface area contributed by atoms with Crippen molar-refractivity contribution < 1.29 is 47.8 Å². The van der Waals surface area contributed by atoms with Crippen LogP contribution in [0.5, 0.6) is 0 Å². The van der Waals surface area contributed by atoms with Gasteiger partial charge >= 0.3 is 11.9 Å². The van der Waals surface area contributed by atoms with E-state index in [1.807, 2.05) is 20.8 Å². The Morgan fingerprint density at radius 3 is 1.63 bits per heavy atom. The van der Waals surface area contributed by atoms with Gasteiger partial charge in [0.25, 0.3) is 0 Å². The van der Waals surface area contributed by atoms with E-state index in [1.54, 1.807) is 0 Å². The topological polar surface area (TPSA) is 165 Å². The molecule has 0 heterocycles. The molecule has 0 bridgehead atoms. The first-order valence-corrected chi connectivity index (χ1v) is 8.22. The van der Waals surface area contributed by atoms with Crippen molar-refractivity contribution in [3.05, 3.63) is 12.2 Å². The molecule has 0 unspecified atom stereocenters. The van der Waals surface area contributed by atoms with E-state index >= 15 is 0 Å². The van der Waals surface area contributed by atoms with Crippen LogP contribution in [0, 0.1) is 17.8 Å². The third-order valence-corrected chi connectivity index (χ3v) is 3.62. The van der Waals surface area contributed by atoms with Crippen LogP contribution in [0.15, 0.2) is 12.2 Å². The monoisotopic (exact) mass is 404 g/mol. The summed E-state index contributed by atoms with van der Waals surface area (Å²) in [5.41, 5.74) is 0.418. The molecule has 3 atom stereocenters. The van der Waals surface area contributed by atoms with Gasteiger partial charge in [-0.1, -0.05) is 27.4 Å². The Labute approximate surface area is 165 Å². The first-order valence-electron chi connectivity index (χ1n) is 8.22. The highest BCUT2D eigenvalue weighted by Gasteiger charge is 2.19. The summed E-state index contributed by atoms with van der Waals surface area (Å²) in [7, 11) is 4.70. The van der Waals surface area contributed by atoms with Gasteiger partial charge in [0, 0.05) is 35.9 Å². The van der Waals surface area contributed by atoms with E-state index in [0.29, 0.717) is 18.4 Å². The van der Waals surface area contributed by atoms with Crippen LogP contribution in [-0.4, -0.2) is 79.5 Å². The summed E-state index contributed by atoms with van der Waals surface area (Å²) in [5, 5.41) is 31.1. The molecule has 170 valence electrons. The van der Waals surface area contributed by atoms with Crippen molar-refractivity contribution in [3.63, 3.8) is 0 Å². The van der Waals surface area contributed by atoms with E-state index in [0.717, 1.165) is 14.2 Å². The fourth-order valence-corrected chi connectivity index (χ4v) is 1.57. The number of rotatable bonds is 8. The fraction of sp³-hybridized carbons (Fsp3) is 0.778. The lowest BCUT2D eigenvalue weighted by Crippen LogP contribution is -2.20. The van der Waals surface area contributed by atoms with Crippen LogP contribution < -0.4 is 0 Å². The lowest BCUT2D eigenvalue weighted by Gasteiger charge is -2.15. The average molecular weight is 405 g/mol. The van der Waals surface area contributed by atoms with E-state index < -0.39 is 5.97 Å². The van der Waals surface area contributed by atoms with Crippen LogP contribution in [0.25, 0.3) is 0 Å². The molecule has 0 radical (unpaired) electrons. The van der Waals surface area contributed by atoms with Gasteiger partial charge in [0.05, 0.1) is 20.1 Å². The molecule has 0 saturated heterocycles. The molecule has 6 N–H and O–H groups in total. The van der Waals surface area contributed by atoms with Crippen LogP contribution >= 0.6 is 0 Å². The molecule has 9 heteroatoms. The van der Waals surface area contributed by atoms with E-state index in [4.69, 9.17) is 20.4 Å². The van der Waals surface area contributed by atoms with Gasteiger partial charge < -0.3 is 35.4 Å². The summed E-state index contributed by atoms with van der Waals surface area (Å²) in [4.78, 5) is 21.7. The predicted molar refractivity (Wildman–Crippen MR) is 108 cm³/mol. The van der Waals surface area contributed by atoms with E-state index in [2.05, 4.69) is 16.1 Å². The van der Waals surface area contributed by atoms with Crippen LogP contribution in [0.1, 0.15) is 36.5 Å². The average Bonchev–Trinajstić information content (AvgIpc) is 2.69. The molecular weight excluding hydrogens is 360 g/mol. The number of aliphatic hydroxyl groups excluding tert-OH is 4. The minimum absolute atomic E-state index is 0. The molecule has 0 aromatic heterocycles. The Bertz CT molecular complexity index is 356. The minimum Gasteiger partial charge on any atom is -0.469 e. The summed E-state index contributed by atoms with van der Waals surface area (Å²) in [6.45, 7) is 9.32. The Balaban J connectivity index is -0.0000000521. The molecule has 0 rings (SSSR count). The molecule has 0 aromatic rings. The molecule has 0 aliphatic heterocycles. The quantitative estimate of drug-likeness (QED) is 0.334. The SMILES string of the molecule is C=C(C(=O)OC)[C@H](C)CCO.CO.CO.COC(=O)[C@@H](C)[C@H](C)CCO.O.[HH].[HH]. The zero-order valence-electron chi connectivity index (χ0n) is 17.7. The summed E-state index contributed by atoms with van der Waals surface area (Å²) < 4.78 is 9.02. The maximum absolute atomic E-state index is 10.9. The molecule has 0 fully saturated rings. The fourth-order valence-electron chi connectivity index (χ4n) is 1.57. The molecule has 0 amide bonds. The van der Waals surface area contributed by atoms with Gasteiger partial charge in [0.2, 0.25) is 0 Å². The van der Waals surface area contributed by atoms with Gasteiger partial charge in [0.15, 0.2) is 0 Å². The lowest BCUT2D eigenvalue weighted by molar-refractivity contribution is -0.146. The van der Waals surface area contributed by atoms with Gasteiger partial charge in [-0.25, -0.2) is 4.79 Å². The molecule has 0 saturated carbocycles. The third-order valence-electron chi connectivity index (χ3n) is 3.62. The maximum Gasteiger partial charge on any atom is 0.333 e. The highest BCUT2D eigenvalue weighted by Crippen LogP contribution is 2.15. The van der Waals surface area contributed by atoms with Crippen LogP contribution in [0.4, 0.5) is 0 Å². The number of carbonyl (C=O) groups excluding carboxylic acids is 2. The van der Waals surface area contributed by atoms with Crippen molar-refractivity contribution >= 4 is 11.9 Å². The normalized spacial score (nSPS) is 11.8. The second-order valence-electron chi connectivity index (χ2n) is 5.23. The third kappa shape index (κ3) is 20.6. The molecule has 0 aliphatic carbocycles. The highest BCUT2D eigenvalue weighted by molar-refractivity contribution is 5.88. The Morgan fingerprint density at radius 1 is 0.926 bits per heavy atom. The number of methoxy groups -OCH3 is 2. The number of esters is 2. The first-order chi connectivity index (χ1) is 12.3. The standard InChI is InChI=1S/C8H16O3.C8H14O3.2CH4O.H2O.2H2/c2*1-6(4-5-9)7(2)8(10)11-3;2*1-2;;;/h6-7,9H,4-5H2,1-3H3;6,9H,2,4-5H2,1,3H3;2*2H,1H3;1H2;2*1H/t6-,7+;6-;;;;;/m11...../s1. The van der Waals surface area contributed by atoms with Gasteiger partial charge in [0.1, 0.15) is 0 Å². The zero-order chi connectivity index (χ0) is 21.7. The molecule has 0 spiro atoms. The lowest BCUT2D eigenvalue weighted by atomic mass is 9.93. The molecule has 0 aliphatic rings. The first kappa shape index (κ1) is 36.4. The number of hydrogen-bond donors (Lipinski definition) is 4. The van der Waals surface area contributed by atoms with Crippen LogP contribution in [0.3, 0.4) is 0 Å². The van der Waals surface area contributed by atoms with E-state index in [9.17, 15) is 9.59 Å². The summed E-state index contributed by atoms with van der Waals surface area (Å²) in [6, 6.07) is 0. The largest absolute Gasteiger partial charge is 0.469 e. The van der Waals surface area contributed by atoms with E-state index in [-0.39, 0.29) is 45.3 Å². The smallest absolute Gasteiger partial charge is 0.333 e. The van der Waals surface area contributed by atoms with E-state index in [1.165, 1.54) is 14.2 Å². The van der Waals surface area contributed by atoms with Crippen molar-refractivity contribution in [2.75, 3.05) is 41.7 Å². The van der Waals surface area contributed by atoms with Crippen molar-refractivity contribution in [2.45, 2.75) is 33.6 Å². The summed E-state index contributed by atoms with van der Waals surface area (Å²) >= 11 is 0. The van der Waals surface area contributed by atoms with Gasteiger partial charge in [-0.05, 0) is 24.7 Å².